The molecule has 0 aromatic heterocycles. The number of carbonyl (C=O) groups excluding carboxylic acids is 1. The summed E-state index contributed by atoms with van der Waals surface area (Å²) in [5, 5.41) is 11.6. The van der Waals surface area contributed by atoms with Crippen LogP contribution in [-0.4, -0.2) is 30.6 Å². The van der Waals surface area contributed by atoms with Gasteiger partial charge in [0.25, 0.3) is 0 Å². The van der Waals surface area contributed by atoms with Gasteiger partial charge in [0.2, 0.25) is 0 Å². The molecule has 1 unspecified atom stereocenters. The number of nitriles is 1. The molecule has 19 heavy (non-hydrogen) atoms. The summed E-state index contributed by atoms with van der Waals surface area (Å²) in [5.74, 6) is 0.952. The Balaban J connectivity index is 1.80. The highest BCUT2D eigenvalue weighted by molar-refractivity contribution is 5.77. The van der Waals surface area contributed by atoms with Crippen molar-refractivity contribution in [2.75, 3.05) is 19.7 Å². The minimum atomic E-state index is -0.166. The van der Waals surface area contributed by atoms with Crippen molar-refractivity contribution in [2.24, 2.45) is 0 Å². The molecule has 2 amide bonds. The molecular weight excluding hydrogens is 242 g/mol. The predicted molar refractivity (Wildman–Crippen MR) is 68.7 cm³/mol. The molecule has 1 saturated heterocycles. The number of benzene rings is 1. The van der Waals surface area contributed by atoms with Crippen molar-refractivity contribution in [1.29, 1.82) is 5.26 Å². The van der Waals surface area contributed by atoms with Crippen LogP contribution in [0.3, 0.4) is 0 Å². The lowest BCUT2D eigenvalue weighted by Crippen LogP contribution is -2.28. The summed E-state index contributed by atoms with van der Waals surface area (Å²) in [7, 11) is 0. The molecule has 2 aliphatic heterocycles. The van der Waals surface area contributed by atoms with Gasteiger partial charge in [-0.3, -0.25) is 0 Å². The first-order chi connectivity index (χ1) is 9.28. The number of hydrogen-bond acceptors (Lipinski definition) is 3. The number of fused-ring (bicyclic) bond motifs is 1. The SMILES string of the molecule is N#CCN1CC(c2ccc3c(c2)CCCO3)NC1=O. The number of hydrogen-bond donors (Lipinski definition) is 1. The number of rotatable bonds is 2. The molecule has 0 saturated carbocycles. The van der Waals surface area contributed by atoms with Crippen molar-refractivity contribution in [1.82, 2.24) is 10.2 Å². The van der Waals surface area contributed by atoms with Gasteiger partial charge in [0.15, 0.2) is 0 Å². The summed E-state index contributed by atoms with van der Waals surface area (Å²) >= 11 is 0. The largest absolute Gasteiger partial charge is 0.493 e. The second-order valence-electron chi connectivity index (χ2n) is 4.86. The van der Waals surface area contributed by atoms with E-state index in [4.69, 9.17) is 10.00 Å². The van der Waals surface area contributed by atoms with Gasteiger partial charge in [-0.15, -0.1) is 0 Å². The molecule has 98 valence electrons. The second kappa shape index (κ2) is 4.81. The summed E-state index contributed by atoms with van der Waals surface area (Å²) in [5.41, 5.74) is 2.29. The van der Waals surface area contributed by atoms with Crippen LogP contribution in [-0.2, 0) is 6.42 Å². The average molecular weight is 257 g/mol. The van der Waals surface area contributed by atoms with E-state index in [1.165, 1.54) is 10.5 Å². The first-order valence-corrected chi connectivity index (χ1v) is 6.46. The van der Waals surface area contributed by atoms with E-state index >= 15 is 0 Å². The molecule has 0 radical (unpaired) electrons. The normalized spacial score (nSPS) is 21.3. The molecule has 1 fully saturated rings. The van der Waals surface area contributed by atoms with Crippen LogP contribution in [0.25, 0.3) is 0 Å². The Morgan fingerprint density at radius 2 is 2.42 bits per heavy atom. The fourth-order valence-corrected chi connectivity index (χ4v) is 2.60. The monoisotopic (exact) mass is 257 g/mol. The van der Waals surface area contributed by atoms with Crippen LogP contribution < -0.4 is 10.1 Å². The smallest absolute Gasteiger partial charge is 0.318 e. The Kier molecular flexibility index (Phi) is 3.00. The molecule has 1 atom stereocenters. The van der Waals surface area contributed by atoms with E-state index in [-0.39, 0.29) is 18.6 Å². The van der Waals surface area contributed by atoms with Crippen molar-refractivity contribution >= 4 is 6.03 Å². The molecule has 2 heterocycles. The number of ether oxygens (including phenoxy) is 1. The Morgan fingerprint density at radius 1 is 1.53 bits per heavy atom. The molecule has 3 rings (SSSR count). The Morgan fingerprint density at radius 3 is 3.26 bits per heavy atom. The van der Waals surface area contributed by atoms with Crippen LogP contribution in [0, 0.1) is 11.3 Å². The van der Waals surface area contributed by atoms with Gasteiger partial charge in [-0.2, -0.15) is 5.26 Å². The number of amides is 2. The predicted octanol–water partition coefficient (Wildman–Crippen LogP) is 1.60. The Hall–Kier alpha value is -2.22. The quantitative estimate of drug-likeness (QED) is 0.818. The summed E-state index contributed by atoms with van der Waals surface area (Å²) in [6, 6.07) is 7.88. The number of aryl methyl sites for hydroxylation is 1. The zero-order valence-electron chi connectivity index (χ0n) is 10.6. The topological polar surface area (TPSA) is 65.4 Å². The van der Waals surface area contributed by atoms with Crippen LogP contribution in [0.5, 0.6) is 5.75 Å². The van der Waals surface area contributed by atoms with Gasteiger partial charge < -0.3 is 15.0 Å². The molecule has 1 N–H and O–H groups in total. The van der Waals surface area contributed by atoms with Crippen molar-refractivity contribution < 1.29 is 9.53 Å². The Labute approximate surface area is 111 Å². The summed E-state index contributed by atoms with van der Waals surface area (Å²) in [6.07, 6.45) is 2.06. The van der Waals surface area contributed by atoms with E-state index in [9.17, 15) is 4.79 Å². The van der Waals surface area contributed by atoms with Gasteiger partial charge in [0.1, 0.15) is 12.3 Å². The second-order valence-corrected chi connectivity index (χ2v) is 4.86. The molecule has 5 nitrogen and oxygen atoms in total. The number of nitrogens with zero attached hydrogens (tertiary/aromatic N) is 2. The third-order valence-corrected chi connectivity index (χ3v) is 3.58. The van der Waals surface area contributed by atoms with Gasteiger partial charge >= 0.3 is 6.03 Å². The van der Waals surface area contributed by atoms with E-state index in [1.54, 1.807) is 0 Å². The number of urea groups is 1. The van der Waals surface area contributed by atoms with Gasteiger partial charge in [-0.1, -0.05) is 6.07 Å². The summed E-state index contributed by atoms with van der Waals surface area (Å²) < 4.78 is 5.58. The third kappa shape index (κ3) is 2.22. The van der Waals surface area contributed by atoms with Gasteiger partial charge in [-0.05, 0) is 36.1 Å². The van der Waals surface area contributed by atoms with Crippen LogP contribution in [0.1, 0.15) is 23.6 Å². The minimum Gasteiger partial charge on any atom is -0.493 e. The lowest BCUT2D eigenvalue weighted by atomic mass is 9.99. The van der Waals surface area contributed by atoms with Crippen molar-refractivity contribution in [3.8, 4) is 11.8 Å². The van der Waals surface area contributed by atoms with Crippen LogP contribution in [0.4, 0.5) is 4.79 Å². The highest BCUT2D eigenvalue weighted by Gasteiger charge is 2.29. The van der Waals surface area contributed by atoms with Crippen molar-refractivity contribution in [2.45, 2.75) is 18.9 Å². The molecule has 0 aliphatic carbocycles. The van der Waals surface area contributed by atoms with Crippen LogP contribution >= 0.6 is 0 Å². The molecular formula is C14H15N3O2. The van der Waals surface area contributed by atoms with Crippen LogP contribution in [0.2, 0.25) is 0 Å². The van der Waals surface area contributed by atoms with Crippen molar-refractivity contribution in [3.63, 3.8) is 0 Å². The zero-order chi connectivity index (χ0) is 13.2. The van der Waals surface area contributed by atoms with E-state index in [0.29, 0.717) is 6.54 Å². The molecule has 0 spiro atoms. The highest BCUT2D eigenvalue weighted by atomic mass is 16.5. The maximum atomic E-state index is 11.7. The zero-order valence-corrected chi connectivity index (χ0v) is 10.6. The van der Waals surface area contributed by atoms with E-state index in [0.717, 1.165) is 30.8 Å². The number of carbonyl (C=O) groups is 1. The van der Waals surface area contributed by atoms with E-state index in [1.807, 2.05) is 18.2 Å². The molecule has 5 heteroatoms. The molecule has 1 aromatic rings. The standard InChI is InChI=1S/C14H15N3O2/c15-5-6-17-9-12(16-14(17)18)10-3-4-13-11(8-10)2-1-7-19-13/h3-4,8,12H,1-2,6-7,9H2,(H,16,18). The summed E-state index contributed by atoms with van der Waals surface area (Å²) in [4.78, 5) is 13.2. The lowest BCUT2D eigenvalue weighted by Gasteiger charge is -2.19. The van der Waals surface area contributed by atoms with Gasteiger partial charge in [-0.25, -0.2) is 4.79 Å². The van der Waals surface area contributed by atoms with Crippen LogP contribution in [0.15, 0.2) is 18.2 Å². The third-order valence-electron chi connectivity index (χ3n) is 3.58. The first kappa shape index (κ1) is 11.8. The van der Waals surface area contributed by atoms with E-state index < -0.39 is 0 Å². The fourth-order valence-electron chi connectivity index (χ4n) is 2.60. The highest BCUT2D eigenvalue weighted by Crippen LogP contribution is 2.29. The van der Waals surface area contributed by atoms with E-state index in [2.05, 4.69) is 11.4 Å². The molecule has 0 bridgehead atoms. The van der Waals surface area contributed by atoms with Gasteiger partial charge in [0, 0.05) is 6.54 Å². The van der Waals surface area contributed by atoms with Crippen molar-refractivity contribution in [3.05, 3.63) is 29.3 Å². The number of nitrogens with one attached hydrogen (secondary N) is 1. The minimum absolute atomic E-state index is 0.0342. The van der Waals surface area contributed by atoms with Gasteiger partial charge in [0.05, 0.1) is 18.7 Å². The molecule has 2 aliphatic rings. The fraction of sp³-hybridized carbons (Fsp3) is 0.429. The molecule has 1 aromatic carbocycles. The average Bonchev–Trinajstić information content (AvgIpc) is 2.80. The maximum Gasteiger partial charge on any atom is 0.318 e. The Bertz CT molecular complexity index is 550. The lowest BCUT2D eigenvalue weighted by molar-refractivity contribution is 0.222. The maximum absolute atomic E-state index is 11.7. The first-order valence-electron chi connectivity index (χ1n) is 6.46. The summed E-state index contributed by atoms with van der Waals surface area (Å²) in [6.45, 7) is 1.46.